The number of rotatable bonds is 9. The van der Waals surface area contributed by atoms with E-state index in [9.17, 15) is 4.57 Å². The van der Waals surface area contributed by atoms with Gasteiger partial charge in [0.1, 0.15) is 0 Å². The highest BCUT2D eigenvalue weighted by molar-refractivity contribution is 7.80. The summed E-state index contributed by atoms with van der Waals surface area (Å²) >= 11 is 3.49. The highest BCUT2D eigenvalue weighted by Gasteiger charge is 2.24. The van der Waals surface area contributed by atoms with Crippen LogP contribution < -0.4 is 0 Å². The van der Waals surface area contributed by atoms with E-state index in [0.717, 1.165) is 25.7 Å². The molecule has 0 aliphatic rings. The minimum absolute atomic E-state index is 0.375. The van der Waals surface area contributed by atoms with Gasteiger partial charge in [-0.2, -0.15) is 0 Å². The summed E-state index contributed by atoms with van der Waals surface area (Å²) in [4.78, 5) is 0. The Morgan fingerprint density at radius 2 is 1.50 bits per heavy atom. The number of unbranched alkanes of at least 4 members (excludes halogenated alkanes) is 2. The number of hydrogen-bond donors (Lipinski definition) is 1. The summed E-state index contributed by atoms with van der Waals surface area (Å²) in [6, 6.07) is 0. The van der Waals surface area contributed by atoms with E-state index in [4.69, 9.17) is 9.05 Å². The van der Waals surface area contributed by atoms with E-state index in [-0.39, 0.29) is 0 Å². The van der Waals surface area contributed by atoms with Gasteiger partial charge < -0.3 is 0 Å². The molecule has 0 fully saturated rings. The molecular weight excluding hydrogens is 223 g/mol. The summed E-state index contributed by atoms with van der Waals surface area (Å²) in [5.41, 5.74) is 0. The molecule has 0 aromatic rings. The molecule has 0 bridgehead atoms. The van der Waals surface area contributed by atoms with E-state index in [1.54, 1.807) is 0 Å². The van der Waals surface area contributed by atoms with E-state index in [1.807, 2.05) is 13.8 Å². The van der Waals surface area contributed by atoms with Crippen LogP contribution in [0.1, 0.15) is 39.5 Å². The van der Waals surface area contributed by atoms with Crippen LogP contribution in [0.15, 0.2) is 0 Å². The fraction of sp³-hybridized carbons (Fsp3) is 1.00. The van der Waals surface area contributed by atoms with Crippen LogP contribution in [0.3, 0.4) is 0 Å². The van der Waals surface area contributed by atoms with Crippen LogP contribution in [0.5, 0.6) is 0 Å². The minimum Gasteiger partial charge on any atom is -0.286 e. The minimum atomic E-state index is -3.40. The van der Waals surface area contributed by atoms with E-state index in [0.29, 0.717) is 13.2 Å². The Morgan fingerprint density at radius 3 is 1.79 bits per heavy atom. The monoisotopic (exact) mass is 242 g/mol. The van der Waals surface area contributed by atoms with Gasteiger partial charge in [0.2, 0.25) is 0 Å². The fourth-order valence-corrected chi connectivity index (χ4v) is 1.88. The Balaban J connectivity index is 3.74. The van der Waals surface area contributed by atoms with Gasteiger partial charge in [-0.3, -0.25) is 9.05 Å². The summed E-state index contributed by atoms with van der Waals surface area (Å²) in [5.74, 6) is 0. The molecule has 0 aliphatic carbocycles. The second kappa shape index (κ2) is 8.74. The van der Waals surface area contributed by atoms with Gasteiger partial charge in [0.25, 0.3) is 0 Å². The maximum absolute atomic E-state index is 11.6. The van der Waals surface area contributed by atoms with Crippen molar-refractivity contribution >= 4 is 20.7 Å². The van der Waals surface area contributed by atoms with Crippen LogP contribution in [0.2, 0.25) is 0 Å². The average molecular weight is 242 g/mol. The number of thiol groups is 1. The molecule has 0 aliphatic heterocycles. The Morgan fingerprint density at radius 1 is 1.07 bits per heavy atom. The molecule has 0 heterocycles. The number of phosphoric acid groups is 1. The highest BCUT2D eigenvalue weighted by Crippen LogP contribution is 2.50. The SMILES string of the molecule is CCCCOP(=O)(OS)OCCCC. The largest absolute Gasteiger partial charge is 0.485 e. The molecule has 0 N–H and O–H groups in total. The summed E-state index contributed by atoms with van der Waals surface area (Å²) in [7, 11) is -3.40. The molecule has 0 saturated carbocycles. The van der Waals surface area contributed by atoms with Gasteiger partial charge in [-0.1, -0.05) is 26.7 Å². The number of phosphoric ester groups is 1. The Hall–Kier alpha value is 0.460. The van der Waals surface area contributed by atoms with Crippen LogP contribution in [0.4, 0.5) is 0 Å². The Labute approximate surface area is 91.5 Å². The zero-order valence-corrected chi connectivity index (χ0v) is 10.6. The maximum Gasteiger partial charge on any atom is 0.485 e. The third-order valence-corrected chi connectivity index (χ3v) is 3.39. The van der Waals surface area contributed by atoms with Crippen LogP contribution in [0.25, 0.3) is 0 Å². The Bertz CT molecular complexity index is 163. The maximum atomic E-state index is 11.6. The molecule has 0 radical (unpaired) electrons. The van der Waals surface area contributed by atoms with Crippen molar-refractivity contribution in [1.29, 1.82) is 0 Å². The molecule has 0 spiro atoms. The molecule has 0 atom stereocenters. The van der Waals surface area contributed by atoms with E-state index in [2.05, 4.69) is 16.9 Å². The number of hydrogen-bond acceptors (Lipinski definition) is 5. The molecule has 0 amide bonds. The predicted molar refractivity (Wildman–Crippen MR) is 59.4 cm³/mol. The summed E-state index contributed by atoms with van der Waals surface area (Å²) in [6.45, 7) is 4.79. The smallest absolute Gasteiger partial charge is 0.286 e. The molecule has 0 saturated heterocycles. The lowest BCUT2D eigenvalue weighted by Gasteiger charge is -2.14. The van der Waals surface area contributed by atoms with Crippen molar-refractivity contribution in [3.8, 4) is 0 Å². The first-order valence-corrected chi connectivity index (χ1v) is 6.73. The molecule has 0 aromatic carbocycles. The molecule has 0 rings (SSSR count). The summed E-state index contributed by atoms with van der Waals surface area (Å²) in [6.07, 6.45) is 3.61. The fourth-order valence-electron chi connectivity index (χ4n) is 0.726. The van der Waals surface area contributed by atoms with Crippen LogP contribution in [-0.2, 0) is 17.6 Å². The predicted octanol–water partition coefficient (Wildman–Crippen LogP) is 3.59. The van der Waals surface area contributed by atoms with Crippen molar-refractivity contribution in [1.82, 2.24) is 0 Å². The van der Waals surface area contributed by atoms with Gasteiger partial charge in [-0.15, -0.1) is 0 Å². The molecule has 4 nitrogen and oxygen atoms in total. The molecule has 0 aromatic heterocycles. The van der Waals surface area contributed by atoms with Gasteiger partial charge in [0.15, 0.2) is 0 Å². The van der Waals surface area contributed by atoms with Crippen molar-refractivity contribution in [2.75, 3.05) is 13.2 Å². The second-order valence-corrected chi connectivity index (χ2v) is 4.97. The van der Waals surface area contributed by atoms with E-state index < -0.39 is 7.82 Å². The topological polar surface area (TPSA) is 44.8 Å². The highest BCUT2D eigenvalue weighted by atomic mass is 32.1. The van der Waals surface area contributed by atoms with Gasteiger partial charge in [0, 0.05) is 0 Å². The molecule has 6 heteroatoms. The normalized spacial score (nSPS) is 11.9. The van der Waals surface area contributed by atoms with Crippen molar-refractivity contribution in [3.63, 3.8) is 0 Å². The first kappa shape index (κ1) is 14.5. The first-order valence-electron chi connectivity index (χ1n) is 4.90. The molecule has 14 heavy (non-hydrogen) atoms. The zero-order chi connectivity index (χ0) is 10.9. The van der Waals surface area contributed by atoms with Crippen molar-refractivity contribution in [3.05, 3.63) is 0 Å². The van der Waals surface area contributed by atoms with Crippen molar-refractivity contribution in [2.45, 2.75) is 39.5 Å². The van der Waals surface area contributed by atoms with Crippen LogP contribution in [0, 0.1) is 0 Å². The first-order chi connectivity index (χ1) is 6.68. The lowest BCUT2D eigenvalue weighted by atomic mass is 10.4. The van der Waals surface area contributed by atoms with E-state index >= 15 is 0 Å². The van der Waals surface area contributed by atoms with Gasteiger partial charge in [-0.05, 0) is 25.8 Å². The molecular formula is C8H19O4PS. The van der Waals surface area contributed by atoms with Gasteiger partial charge in [0.05, 0.1) is 13.2 Å². The van der Waals surface area contributed by atoms with Crippen LogP contribution >= 0.6 is 20.7 Å². The van der Waals surface area contributed by atoms with Crippen molar-refractivity contribution in [2.24, 2.45) is 0 Å². The summed E-state index contributed by atoms with van der Waals surface area (Å²) < 4.78 is 26.0. The standard InChI is InChI=1S/C8H19O4PS/c1-3-5-7-10-13(9,12-14)11-8-6-4-2/h14H,3-8H2,1-2H3. The molecule has 86 valence electrons. The lowest BCUT2D eigenvalue weighted by Crippen LogP contribution is -1.99. The second-order valence-electron chi connectivity index (χ2n) is 2.90. The van der Waals surface area contributed by atoms with Gasteiger partial charge >= 0.3 is 7.82 Å². The molecule has 0 unspecified atom stereocenters. The lowest BCUT2D eigenvalue weighted by molar-refractivity contribution is 0.159. The zero-order valence-electron chi connectivity index (χ0n) is 8.77. The average Bonchev–Trinajstić information content (AvgIpc) is 2.19. The quantitative estimate of drug-likeness (QED) is 0.290. The Kier molecular flexibility index (Phi) is 9.03. The third-order valence-electron chi connectivity index (χ3n) is 1.59. The summed E-state index contributed by atoms with van der Waals surface area (Å²) in [5, 5.41) is 0. The van der Waals surface area contributed by atoms with Gasteiger partial charge in [-0.25, -0.2) is 8.54 Å². The van der Waals surface area contributed by atoms with Crippen molar-refractivity contribution < 1.29 is 17.6 Å². The third kappa shape index (κ3) is 6.85. The van der Waals surface area contributed by atoms with E-state index in [1.165, 1.54) is 0 Å². The van der Waals surface area contributed by atoms with Crippen LogP contribution in [-0.4, -0.2) is 13.2 Å².